The summed E-state index contributed by atoms with van der Waals surface area (Å²) in [5.74, 6) is 2.56. The van der Waals surface area contributed by atoms with Crippen LogP contribution in [0.4, 0.5) is 0 Å². The molecule has 2 nitrogen and oxygen atoms in total. The lowest BCUT2D eigenvalue weighted by Crippen LogP contribution is -2.41. The van der Waals surface area contributed by atoms with Crippen molar-refractivity contribution in [3.8, 4) is 0 Å². The van der Waals surface area contributed by atoms with Gasteiger partial charge in [0.1, 0.15) is 0 Å². The molecule has 2 aliphatic heterocycles. The fourth-order valence-electron chi connectivity index (χ4n) is 3.42. The maximum Gasteiger partial charge on any atom is 0.0822 e. The van der Waals surface area contributed by atoms with Crippen molar-refractivity contribution in [3.63, 3.8) is 0 Å². The van der Waals surface area contributed by atoms with Crippen LogP contribution in [0.5, 0.6) is 0 Å². The van der Waals surface area contributed by atoms with Crippen molar-refractivity contribution in [3.05, 3.63) is 34.3 Å². The molecule has 1 aromatic rings. The molecule has 0 amide bonds. The Morgan fingerprint density at radius 2 is 2.35 bits per heavy atom. The molecule has 0 saturated carbocycles. The Kier molecular flexibility index (Phi) is 4.32. The van der Waals surface area contributed by atoms with Gasteiger partial charge in [0, 0.05) is 17.4 Å². The van der Waals surface area contributed by atoms with E-state index in [4.69, 9.17) is 16.3 Å². The number of aliphatic hydroxyl groups is 1. The molecule has 3 rings (SSSR count). The average Bonchev–Trinajstić information content (AvgIpc) is 2.86. The van der Waals surface area contributed by atoms with E-state index in [0.717, 1.165) is 47.8 Å². The zero-order chi connectivity index (χ0) is 14.2. The SMILES string of the molecule is Cc1cc(Cl)ccc1C(O)C1CCOC2(CCSC2)C1. The topological polar surface area (TPSA) is 29.5 Å². The molecular weight excluding hydrogens is 292 g/mol. The molecular formula is C16H21ClO2S. The minimum Gasteiger partial charge on any atom is -0.388 e. The van der Waals surface area contributed by atoms with Gasteiger partial charge in [0.15, 0.2) is 0 Å². The summed E-state index contributed by atoms with van der Waals surface area (Å²) in [6.45, 7) is 2.79. The van der Waals surface area contributed by atoms with Gasteiger partial charge in [-0.25, -0.2) is 0 Å². The maximum absolute atomic E-state index is 10.8. The summed E-state index contributed by atoms with van der Waals surface area (Å²) < 4.78 is 6.04. The van der Waals surface area contributed by atoms with Crippen molar-refractivity contribution in [2.45, 2.75) is 37.9 Å². The van der Waals surface area contributed by atoms with Crippen LogP contribution in [-0.4, -0.2) is 28.8 Å². The van der Waals surface area contributed by atoms with Crippen LogP contribution in [0.15, 0.2) is 18.2 Å². The highest BCUT2D eigenvalue weighted by molar-refractivity contribution is 7.99. The van der Waals surface area contributed by atoms with Crippen molar-refractivity contribution in [2.75, 3.05) is 18.1 Å². The van der Waals surface area contributed by atoms with E-state index < -0.39 is 6.10 Å². The van der Waals surface area contributed by atoms with Crippen molar-refractivity contribution in [1.82, 2.24) is 0 Å². The van der Waals surface area contributed by atoms with Crippen LogP contribution in [0.2, 0.25) is 5.02 Å². The Balaban J connectivity index is 1.77. The highest BCUT2D eigenvalue weighted by Crippen LogP contribution is 2.44. The van der Waals surface area contributed by atoms with E-state index in [1.165, 1.54) is 5.75 Å². The van der Waals surface area contributed by atoms with Gasteiger partial charge in [0.25, 0.3) is 0 Å². The summed E-state index contributed by atoms with van der Waals surface area (Å²) in [4.78, 5) is 0. The number of benzene rings is 1. The smallest absolute Gasteiger partial charge is 0.0822 e. The molecule has 0 bridgehead atoms. The Hall–Kier alpha value is -0.220. The summed E-state index contributed by atoms with van der Waals surface area (Å²) >= 11 is 7.97. The second kappa shape index (κ2) is 5.88. The standard InChI is InChI=1S/C16H21ClO2S/c1-11-8-13(17)2-3-14(11)15(18)12-4-6-19-16(9-12)5-7-20-10-16/h2-3,8,12,15,18H,4-7,9-10H2,1H3. The van der Waals surface area contributed by atoms with Gasteiger partial charge >= 0.3 is 0 Å². The quantitative estimate of drug-likeness (QED) is 0.895. The first-order valence-corrected chi connectivity index (χ1v) is 8.79. The molecule has 2 fully saturated rings. The molecule has 20 heavy (non-hydrogen) atoms. The number of hydrogen-bond acceptors (Lipinski definition) is 3. The van der Waals surface area contributed by atoms with Crippen LogP contribution in [0, 0.1) is 12.8 Å². The van der Waals surface area contributed by atoms with Gasteiger partial charge in [-0.3, -0.25) is 0 Å². The van der Waals surface area contributed by atoms with Gasteiger partial charge in [0.05, 0.1) is 11.7 Å². The lowest BCUT2D eigenvalue weighted by atomic mass is 9.79. The molecule has 3 unspecified atom stereocenters. The van der Waals surface area contributed by atoms with Crippen molar-refractivity contribution in [1.29, 1.82) is 0 Å². The zero-order valence-electron chi connectivity index (χ0n) is 11.8. The van der Waals surface area contributed by atoms with Crippen LogP contribution in [0.3, 0.4) is 0 Å². The fraction of sp³-hybridized carbons (Fsp3) is 0.625. The highest BCUT2D eigenvalue weighted by Gasteiger charge is 2.42. The number of aryl methyl sites for hydroxylation is 1. The highest BCUT2D eigenvalue weighted by atomic mass is 35.5. The molecule has 110 valence electrons. The van der Waals surface area contributed by atoms with E-state index >= 15 is 0 Å². The first kappa shape index (κ1) is 14.7. The monoisotopic (exact) mass is 312 g/mol. The van der Waals surface area contributed by atoms with E-state index in [0.29, 0.717) is 5.92 Å². The van der Waals surface area contributed by atoms with Gasteiger partial charge in [-0.15, -0.1) is 0 Å². The lowest BCUT2D eigenvalue weighted by Gasteiger charge is -2.39. The Bertz CT molecular complexity index is 485. The van der Waals surface area contributed by atoms with Crippen LogP contribution < -0.4 is 0 Å². The minimum absolute atomic E-state index is 0.0227. The number of hydrogen-bond donors (Lipinski definition) is 1. The first-order valence-electron chi connectivity index (χ1n) is 7.25. The molecule has 2 saturated heterocycles. The van der Waals surface area contributed by atoms with Gasteiger partial charge in [-0.05, 0) is 61.1 Å². The molecule has 1 spiro atoms. The summed E-state index contributed by atoms with van der Waals surface area (Å²) in [5, 5.41) is 11.5. The van der Waals surface area contributed by atoms with Crippen LogP contribution in [-0.2, 0) is 4.74 Å². The lowest BCUT2D eigenvalue weighted by molar-refractivity contribution is -0.102. The van der Waals surface area contributed by atoms with E-state index in [9.17, 15) is 5.11 Å². The number of aliphatic hydroxyl groups excluding tert-OH is 1. The van der Waals surface area contributed by atoms with E-state index in [1.54, 1.807) is 0 Å². The normalized spacial score (nSPS) is 31.6. The summed E-state index contributed by atoms with van der Waals surface area (Å²) in [5.41, 5.74) is 2.11. The maximum atomic E-state index is 10.8. The summed E-state index contributed by atoms with van der Waals surface area (Å²) in [6.07, 6.45) is 2.64. The number of halogens is 1. The fourth-order valence-corrected chi connectivity index (χ4v) is 5.03. The van der Waals surface area contributed by atoms with E-state index in [1.807, 2.05) is 36.9 Å². The average molecular weight is 313 g/mol. The molecule has 2 aliphatic rings. The van der Waals surface area contributed by atoms with Gasteiger partial charge in [-0.1, -0.05) is 17.7 Å². The zero-order valence-corrected chi connectivity index (χ0v) is 13.3. The number of thioether (sulfide) groups is 1. The summed E-state index contributed by atoms with van der Waals surface area (Å²) in [7, 11) is 0. The van der Waals surface area contributed by atoms with Crippen LogP contribution >= 0.6 is 23.4 Å². The Labute approximate surface area is 129 Å². The largest absolute Gasteiger partial charge is 0.388 e. The second-order valence-electron chi connectivity index (χ2n) is 6.03. The van der Waals surface area contributed by atoms with Gasteiger partial charge in [-0.2, -0.15) is 11.8 Å². The minimum atomic E-state index is -0.404. The Morgan fingerprint density at radius 1 is 1.50 bits per heavy atom. The van der Waals surface area contributed by atoms with E-state index in [2.05, 4.69) is 0 Å². The van der Waals surface area contributed by atoms with Gasteiger partial charge < -0.3 is 9.84 Å². The Morgan fingerprint density at radius 3 is 3.05 bits per heavy atom. The van der Waals surface area contributed by atoms with Crippen molar-refractivity contribution < 1.29 is 9.84 Å². The predicted molar refractivity (Wildman–Crippen MR) is 84.5 cm³/mol. The molecule has 2 heterocycles. The third-order valence-electron chi connectivity index (χ3n) is 4.60. The molecule has 0 radical (unpaired) electrons. The van der Waals surface area contributed by atoms with Crippen LogP contribution in [0.1, 0.15) is 36.5 Å². The third-order valence-corrected chi connectivity index (χ3v) is 6.05. The molecule has 0 aliphatic carbocycles. The molecule has 3 atom stereocenters. The van der Waals surface area contributed by atoms with Crippen molar-refractivity contribution in [2.24, 2.45) is 5.92 Å². The molecule has 4 heteroatoms. The molecule has 0 aromatic heterocycles. The first-order chi connectivity index (χ1) is 9.60. The van der Waals surface area contributed by atoms with Gasteiger partial charge in [0.2, 0.25) is 0 Å². The molecule has 1 aromatic carbocycles. The second-order valence-corrected chi connectivity index (χ2v) is 7.57. The van der Waals surface area contributed by atoms with Crippen LogP contribution in [0.25, 0.3) is 0 Å². The number of rotatable bonds is 2. The van der Waals surface area contributed by atoms with Crippen molar-refractivity contribution >= 4 is 23.4 Å². The predicted octanol–water partition coefficient (Wildman–Crippen LogP) is 3.98. The third kappa shape index (κ3) is 2.87. The molecule has 1 N–H and O–H groups in total. The van der Waals surface area contributed by atoms with E-state index in [-0.39, 0.29) is 5.60 Å². The number of ether oxygens (including phenoxy) is 1. The summed E-state index contributed by atoms with van der Waals surface area (Å²) in [6, 6.07) is 5.77.